The minimum Gasteiger partial charge on any atom is -0.359 e. The van der Waals surface area contributed by atoms with E-state index in [1.165, 1.54) is 12.8 Å². The number of aromatic nitrogens is 2. The minimum absolute atomic E-state index is 0.410. The molecule has 0 atom stereocenters. The van der Waals surface area contributed by atoms with Crippen LogP contribution in [-0.2, 0) is 0 Å². The Labute approximate surface area is 135 Å². The van der Waals surface area contributed by atoms with Gasteiger partial charge in [0.25, 0.3) is 0 Å². The van der Waals surface area contributed by atoms with Crippen LogP contribution in [0.15, 0.2) is 18.7 Å². The zero-order chi connectivity index (χ0) is 15.2. The summed E-state index contributed by atoms with van der Waals surface area (Å²) >= 11 is 11.2. The molecule has 7 heteroatoms. The Morgan fingerprint density at radius 3 is 2.90 bits per heavy atom. The summed E-state index contributed by atoms with van der Waals surface area (Å²) in [6.45, 7) is 8.48. The molecule has 21 heavy (non-hydrogen) atoms. The highest BCUT2D eigenvalue weighted by molar-refractivity contribution is 7.80. The Morgan fingerprint density at radius 2 is 2.24 bits per heavy atom. The first-order chi connectivity index (χ1) is 10.1. The number of anilines is 2. The summed E-state index contributed by atoms with van der Waals surface area (Å²) in [4.78, 5) is 10.9. The minimum atomic E-state index is 0.410. The SMILES string of the molecule is C=CCNC(=S)Nc1nc(Cl)cc(N2CCC(C)CC2)n1. The average molecular weight is 326 g/mol. The van der Waals surface area contributed by atoms with Gasteiger partial charge >= 0.3 is 0 Å². The van der Waals surface area contributed by atoms with E-state index in [-0.39, 0.29) is 0 Å². The zero-order valence-corrected chi connectivity index (χ0v) is 13.7. The van der Waals surface area contributed by atoms with Gasteiger partial charge in [-0.2, -0.15) is 4.98 Å². The van der Waals surface area contributed by atoms with Crippen LogP contribution in [0.2, 0.25) is 5.15 Å². The number of piperidine rings is 1. The largest absolute Gasteiger partial charge is 0.359 e. The maximum absolute atomic E-state index is 6.09. The molecule has 0 radical (unpaired) electrons. The van der Waals surface area contributed by atoms with E-state index < -0.39 is 0 Å². The van der Waals surface area contributed by atoms with Gasteiger partial charge in [0.2, 0.25) is 5.95 Å². The lowest BCUT2D eigenvalue weighted by Gasteiger charge is -2.31. The van der Waals surface area contributed by atoms with Gasteiger partial charge in [-0.05, 0) is 31.0 Å². The monoisotopic (exact) mass is 325 g/mol. The number of nitrogens with zero attached hydrogens (tertiary/aromatic N) is 3. The quantitative estimate of drug-likeness (QED) is 0.504. The summed E-state index contributed by atoms with van der Waals surface area (Å²) in [5.74, 6) is 2.03. The molecule has 1 saturated heterocycles. The second kappa shape index (κ2) is 7.56. The number of thiocarbonyl (C=S) groups is 1. The van der Waals surface area contributed by atoms with Crippen molar-refractivity contribution in [2.24, 2.45) is 5.92 Å². The van der Waals surface area contributed by atoms with Crippen molar-refractivity contribution >= 4 is 40.7 Å². The van der Waals surface area contributed by atoms with Crippen LogP contribution < -0.4 is 15.5 Å². The standard InChI is InChI=1S/C14H20ClN5S/c1-3-6-16-14(21)19-13-17-11(15)9-12(18-13)20-7-4-10(2)5-8-20/h3,9-10H,1,4-8H2,2H3,(H2,16,17,18,19,21). The molecule has 1 aromatic rings. The van der Waals surface area contributed by atoms with Crippen LogP contribution in [0.4, 0.5) is 11.8 Å². The Balaban J connectivity index is 2.06. The van der Waals surface area contributed by atoms with Gasteiger partial charge in [0.1, 0.15) is 11.0 Å². The fraction of sp³-hybridized carbons (Fsp3) is 0.500. The van der Waals surface area contributed by atoms with Crippen molar-refractivity contribution in [3.8, 4) is 0 Å². The first kappa shape index (κ1) is 16.0. The Kier molecular flexibility index (Phi) is 5.76. The number of rotatable bonds is 4. The van der Waals surface area contributed by atoms with Gasteiger partial charge in [0.15, 0.2) is 5.11 Å². The molecule has 2 N–H and O–H groups in total. The topological polar surface area (TPSA) is 53.1 Å². The number of nitrogens with one attached hydrogen (secondary N) is 2. The van der Waals surface area contributed by atoms with Crippen molar-refractivity contribution in [2.45, 2.75) is 19.8 Å². The van der Waals surface area contributed by atoms with E-state index in [4.69, 9.17) is 23.8 Å². The summed E-state index contributed by atoms with van der Waals surface area (Å²) in [5, 5.41) is 6.78. The molecule has 1 aliphatic rings. The summed E-state index contributed by atoms with van der Waals surface area (Å²) < 4.78 is 0. The molecule has 1 aromatic heterocycles. The van der Waals surface area contributed by atoms with Crippen molar-refractivity contribution in [2.75, 3.05) is 29.9 Å². The molecule has 0 aliphatic carbocycles. The van der Waals surface area contributed by atoms with Crippen LogP contribution in [0, 0.1) is 5.92 Å². The molecule has 1 fully saturated rings. The molecule has 2 heterocycles. The third-order valence-corrected chi connectivity index (χ3v) is 3.86. The van der Waals surface area contributed by atoms with Crippen molar-refractivity contribution in [1.29, 1.82) is 0 Å². The number of halogens is 1. The molecule has 0 saturated carbocycles. The van der Waals surface area contributed by atoms with Gasteiger partial charge in [-0.25, -0.2) is 4.98 Å². The second-order valence-electron chi connectivity index (χ2n) is 5.17. The average Bonchev–Trinajstić information content (AvgIpc) is 2.45. The molecule has 0 unspecified atom stereocenters. The molecule has 0 amide bonds. The molecule has 0 spiro atoms. The van der Waals surface area contributed by atoms with Crippen LogP contribution in [0.5, 0.6) is 0 Å². The molecule has 2 rings (SSSR count). The van der Waals surface area contributed by atoms with Crippen LogP contribution >= 0.6 is 23.8 Å². The van der Waals surface area contributed by atoms with E-state index in [2.05, 4.69) is 39.0 Å². The molecular formula is C14H20ClN5S. The molecule has 114 valence electrons. The highest BCUT2D eigenvalue weighted by atomic mass is 35.5. The van der Waals surface area contributed by atoms with Gasteiger partial charge < -0.3 is 15.5 Å². The predicted molar refractivity (Wildman–Crippen MR) is 92.1 cm³/mol. The highest BCUT2D eigenvalue weighted by Crippen LogP contribution is 2.24. The number of hydrogen-bond acceptors (Lipinski definition) is 4. The fourth-order valence-electron chi connectivity index (χ4n) is 2.17. The molecule has 0 bridgehead atoms. The van der Waals surface area contributed by atoms with E-state index in [1.54, 1.807) is 12.1 Å². The third-order valence-electron chi connectivity index (χ3n) is 3.42. The Hall–Kier alpha value is -1.40. The van der Waals surface area contributed by atoms with Crippen molar-refractivity contribution < 1.29 is 0 Å². The van der Waals surface area contributed by atoms with Gasteiger partial charge in [-0.1, -0.05) is 24.6 Å². The van der Waals surface area contributed by atoms with Crippen LogP contribution in [-0.4, -0.2) is 34.7 Å². The molecular weight excluding hydrogens is 306 g/mol. The van der Waals surface area contributed by atoms with Gasteiger partial charge in [0.05, 0.1) is 0 Å². The van der Waals surface area contributed by atoms with Gasteiger partial charge in [-0.3, -0.25) is 0 Å². The van der Waals surface area contributed by atoms with Crippen LogP contribution in [0.3, 0.4) is 0 Å². The summed E-state index contributed by atoms with van der Waals surface area (Å²) in [7, 11) is 0. The van der Waals surface area contributed by atoms with Gasteiger partial charge in [-0.15, -0.1) is 6.58 Å². The molecule has 0 aromatic carbocycles. The smallest absolute Gasteiger partial charge is 0.232 e. The third kappa shape index (κ3) is 4.82. The summed E-state index contributed by atoms with van der Waals surface area (Å²) in [6.07, 6.45) is 4.07. The fourth-order valence-corrected chi connectivity index (χ4v) is 2.52. The van der Waals surface area contributed by atoms with Crippen molar-refractivity contribution in [3.05, 3.63) is 23.9 Å². The normalized spacial score (nSPS) is 15.6. The lowest BCUT2D eigenvalue weighted by Crippen LogP contribution is -2.34. The predicted octanol–water partition coefficient (Wildman–Crippen LogP) is 2.84. The first-order valence-electron chi connectivity index (χ1n) is 7.03. The second-order valence-corrected chi connectivity index (χ2v) is 5.96. The van der Waals surface area contributed by atoms with E-state index in [0.29, 0.717) is 22.8 Å². The van der Waals surface area contributed by atoms with E-state index in [0.717, 1.165) is 24.8 Å². The summed E-state index contributed by atoms with van der Waals surface area (Å²) in [6, 6.07) is 1.79. The maximum Gasteiger partial charge on any atom is 0.232 e. The van der Waals surface area contributed by atoms with Crippen molar-refractivity contribution in [3.63, 3.8) is 0 Å². The van der Waals surface area contributed by atoms with E-state index in [9.17, 15) is 0 Å². The Bertz CT molecular complexity index is 514. The van der Waals surface area contributed by atoms with Crippen molar-refractivity contribution in [1.82, 2.24) is 15.3 Å². The Morgan fingerprint density at radius 1 is 1.52 bits per heavy atom. The number of hydrogen-bond donors (Lipinski definition) is 2. The first-order valence-corrected chi connectivity index (χ1v) is 7.82. The van der Waals surface area contributed by atoms with Crippen LogP contribution in [0.1, 0.15) is 19.8 Å². The maximum atomic E-state index is 6.09. The van der Waals surface area contributed by atoms with E-state index >= 15 is 0 Å². The lowest BCUT2D eigenvalue weighted by atomic mass is 9.99. The van der Waals surface area contributed by atoms with E-state index in [1.807, 2.05) is 0 Å². The lowest BCUT2D eigenvalue weighted by molar-refractivity contribution is 0.436. The zero-order valence-electron chi connectivity index (χ0n) is 12.1. The highest BCUT2D eigenvalue weighted by Gasteiger charge is 2.18. The van der Waals surface area contributed by atoms with Crippen LogP contribution in [0.25, 0.3) is 0 Å². The molecule has 5 nitrogen and oxygen atoms in total. The summed E-state index contributed by atoms with van der Waals surface area (Å²) in [5.41, 5.74) is 0. The molecule has 1 aliphatic heterocycles. The van der Waals surface area contributed by atoms with Gasteiger partial charge in [0, 0.05) is 25.7 Å².